The minimum absolute atomic E-state index is 0.101. The maximum absolute atomic E-state index is 12.8. The molecule has 1 saturated heterocycles. The van der Waals surface area contributed by atoms with Gasteiger partial charge in [-0.1, -0.05) is 13.8 Å². The number of halogens is 3. The van der Waals surface area contributed by atoms with Crippen LogP contribution in [0.5, 0.6) is 17.2 Å². The van der Waals surface area contributed by atoms with Crippen molar-refractivity contribution >= 4 is 28.6 Å². The van der Waals surface area contributed by atoms with E-state index in [4.69, 9.17) is 4.74 Å². The Morgan fingerprint density at radius 2 is 1.76 bits per heavy atom. The number of imidazole rings is 1. The summed E-state index contributed by atoms with van der Waals surface area (Å²) in [5.41, 5.74) is 2.72. The van der Waals surface area contributed by atoms with E-state index in [0.717, 1.165) is 18.6 Å². The van der Waals surface area contributed by atoms with Crippen molar-refractivity contribution in [3.63, 3.8) is 0 Å². The number of nitrogens with one attached hydrogen (secondary N) is 2. The first-order valence-corrected chi connectivity index (χ1v) is 13.7. The number of benzene rings is 2. The van der Waals surface area contributed by atoms with Gasteiger partial charge in [-0.3, -0.25) is 14.7 Å². The fraction of sp³-hybridized carbons (Fsp3) is 0.367. The second-order valence-corrected chi connectivity index (χ2v) is 10.9. The Kier molecular flexibility index (Phi) is 8.00. The SMILES string of the molecule is CC(C)c1cc(Nc2nc3cc(Oc4ccnc(C(=O)NC5CN(C(C)C)C5)c4)ccc3n2C)ccc1OC(F)(F)F. The molecule has 1 fully saturated rings. The van der Waals surface area contributed by atoms with E-state index in [0.29, 0.717) is 40.3 Å². The van der Waals surface area contributed by atoms with E-state index in [1.807, 2.05) is 17.7 Å². The van der Waals surface area contributed by atoms with Crippen molar-refractivity contribution in [1.29, 1.82) is 0 Å². The number of fused-ring (bicyclic) bond motifs is 1. The van der Waals surface area contributed by atoms with Gasteiger partial charge in [-0.2, -0.15) is 0 Å². The molecular weight excluding hydrogens is 549 g/mol. The molecule has 0 radical (unpaired) electrons. The summed E-state index contributed by atoms with van der Waals surface area (Å²) in [5.74, 6) is 0.806. The standard InChI is InChI=1S/C30H33F3N6O3/c1-17(2)23-12-19(6-9-27(23)42-30(31,32)33)36-29-37-24-13-21(7-8-26(24)38(29)5)41-22-10-11-34-25(14-22)28(40)35-20-15-39(16-20)18(3)4/h6-14,17-18,20H,15-16H2,1-5H3,(H,35,40)(H,36,37). The second kappa shape index (κ2) is 11.5. The lowest BCUT2D eigenvalue weighted by Crippen LogP contribution is -2.61. The number of carbonyl (C=O) groups excluding carboxylic acids is 1. The first kappa shape index (κ1) is 29.2. The van der Waals surface area contributed by atoms with E-state index in [1.54, 1.807) is 44.2 Å². The molecule has 9 nitrogen and oxygen atoms in total. The molecule has 222 valence electrons. The van der Waals surface area contributed by atoms with Gasteiger partial charge in [0.2, 0.25) is 5.95 Å². The molecule has 0 aliphatic carbocycles. The lowest BCUT2D eigenvalue weighted by molar-refractivity contribution is -0.274. The van der Waals surface area contributed by atoms with Crippen molar-refractivity contribution in [3.8, 4) is 17.2 Å². The number of ether oxygens (including phenoxy) is 2. The number of nitrogens with zero attached hydrogens (tertiary/aromatic N) is 4. The molecule has 0 spiro atoms. The Balaban J connectivity index is 1.29. The van der Waals surface area contributed by atoms with Gasteiger partial charge in [-0.05, 0) is 61.7 Å². The summed E-state index contributed by atoms with van der Waals surface area (Å²) in [6.45, 7) is 9.48. The van der Waals surface area contributed by atoms with Crippen molar-refractivity contribution in [2.45, 2.75) is 52.1 Å². The Labute approximate surface area is 241 Å². The zero-order valence-corrected chi connectivity index (χ0v) is 24.0. The number of aryl methyl sites for hydroxylation is 1. The molecule has 2 aromatic heterocycles. The van der Waals surface area contributed by atoms with Crippen LogP contribution < -0.4 is 20.1 Å². The van der Waals surface area contributed by atoms with Crippen LogP contribution in [0, 0.1) is 0 Å². The largest absolute Gasteiger partial charge is 0.573 e. The number of likely N-dealkylation sites (tertiary alicyclic amines) is 1. The first-order valence-electron chi connectivity index (χ1n) is 13.7. The molecule has 0 bridgehead atoms. The van der Waals surface area contributed by atoms with E-state index in [9.17, 15) is 18.0 Å². The molecule has 0 atom stereocenters. The van der Waals surface area contributed by atoms with Gasteiger partial charge in [0.05, 0.1) is 17.1 Å². The fourth-order valence-corrected chi connectivity index (χ4v) is 4.80. The Morgan fingerprint density at radius 3 is 2.45 bits per heavy atom. The van der Waals surface area contributed by atoms with Crippen molar-refractivity contribution < 1.29 is 27.4 Å². The van der Waals surface area contributed by atoms with Crippen LogP contribution in [-0.2, 0) is 7.05 Å². The summed E-state index contributed by atoms with van der Waals surface area (Å²) in [6, 6.07) is 13.7. The molecule has 3 heterocycles. The highest BCUT2D eigenvalue weighted by Crippen LogP contribution is 2.35. The summed E-state index contributed by atoms with van der Waals surface area (Å²) in [4.78, 5) is 23.8. The quantitative estimate of drug-likeness (QED) is 0.238. The third kappa shape index (κ3) is 6.59. The van der Waals surface area contributed by atoms with Gasteiger partial charge in [0.1, 0.15) is 22.9 Å². The smallest absolute Gasteiger partial charge is 0.457 e. The van der Waals surface area contributed by atoms with Crippen LogP contribution in [0.4, 0.5) is 24.8 Å². The van der Waals surface area contributed by atoms with Crippen LogP contribution in [0.2, 0.25) is 0 Å². The van der Waals surface area contributed by atoms with Crippen molar-refractivity contribution in [3.05, 3.63) is 66.0 Å². The Bertz CT molecular complexity index is 1600. The molecule has 5 rings (SSSR count). The van der Waals surface area contributed by atoms with Gasteiger partial charge in [0.25, 0.3) is 5.91 Å². The van der Waals surface area contributed by atoms with E-state index in [2.05, 4.69) is 44.1 Å². The molecule has 42 heavy (non-hydrogen) atoms. The average Bonchev–Trinajstić information content (AvgIpc) is 3.19. The van der Waals surface area contributed by atoms with E-state index in [1.165, 1.54) is 18.3 Å². The van der Waals surface area contributed by atoms with Crippen LogP contribution in [0.25, 0.3) is 11.0 Å². The highest BCUT2D eigenvalue weighted by molar-refractivity contribution is 5.93. The molecule has 1 aliphatic heterocycles. The van der Waals surface area contributed by atoms with Crippen LogP contribution >= 0.6 is 0 Å². The highest BCUT2D eigenvalue weighted by atomic mass is 19.4. The normalized spacial score (nSPS) is 14.3. The maximum atomic E-state index is 12.8. The van der Waals surface area contributed by atoms with Crippen LogP contribution in [0.3, 0.4) is 0 Å². The number of carbonyl (C=O) groups is 1. The molecule has 1 amide bonds. The average molecular weight is 583 g/mol. The highest BCUT2D eigenvalue weighted by Gasteiger charge is 2.32. The summed E-state index contributed by atoms with van der Waals surface area (Å²) in [6.07, 6.45) is -3.24. The number of anilines is 2. The van der Waals surface area contributed by atoms with Gasteiger partial charge in [0, 0.05) is 50.2 Å². The molecule has 12 heteroatoms. The summed E-state index contributed by atoms with van der Waals surface area (Å²) in [7, 11) is 1.83. The van der Waals surface area contributed by atoms with Crippen molar-refractivity contribution in [2.75, 3.05) is 18.4 Å². The fourth-order valence-electron chi connectivity index (χ4n) is 4.80. The van der Waals surface area contributed by atoms with Crippen LogP contribution in [0.1, 0.15) is 49.7 Å². The molecule has 2 aromatic carbocycles. The first-order chi connectivity index (χ1) is 19.9. The van der Waals surface area contributed by atoms with Gasteiger partial charge in [0.15, 0.2) is 0 Å². The molecular formula is C30H33F3N6O3. The minimum atomic E-state index is -4.77. The summed E-state index contributed by atoms with van der Waals surface area (Å²) < 4.78 is 50.6. The summed E-state index contributed by atoms with van der Waals surface area (Å²) in [5, 5.41) is 6.20. The number of hydrogen-bond donors (Lipinski definition) is 2. The van der Waals surface area contributed by atoms with Crippen LogP contribution in [0.15, 0.2) is 54.7 Å². The predicted octanol–water partition coefficient (Wildman–Crippen LogP) is 6.35. The number of aromatic nitrogens is 3. The van der Waals surface area contributed by atoms with Crippen molar-refractivity contribution in [1.82, 2.24) is 24.8 Å². The van der Waals surface area contributed by atoms with Crippen LogP contribution in [-0.4, -0.2) is 56.9 Å². The number of rotatable bonds is 9. The Morgan fingerprint density at radius 1 is 1.02 bits per heavy atom. The number of hydrogen-bond acceptors (Lipinski definition) is 7. The van der Waals surface area contributed by atoms with E-state index < -0.39 is 6.36 Å². The second-order valence-electron chi connectivity index (χ2n) is 10.9. The summed E-state index contributed by atoms with van der Waals surface area (Å²) >= 11 is 0. The predicted molar refractivity (Wildman–Crippen MR) is 153 cm³/mol. The molecule has 1 aliphatic rings. The van der Waals surface area contributed by atoms with Gasteiger partial charge in [-0.25, -0.2) is 4.98 Å². The third-order valence-electron chi connectivity index (χ3n) is 7.14. The molecule has 0 saturated carbocycles. The van der Waals surface area contributed by atoms with Gasteiger partial charge < -0.3 is 24.7 Å². The van der Waals surface area contributed by atoms with Gasteiger partial charge in [-0.15, -0.1) is 13.2 Å². The van der Waals surface area contributed by atoms with Gasteiger partial charge >= 0.3 is 6.36 Å². The molecule has 4 aromatic rings. The molecule has 2 N–H and O–H groups in total. The lowest BCUT2D eigenvalue weighted by Gasteiger charge is -2.42. The zero-order valence-electron chi connectivity index (χ0n) is 24.0. The maximum Gasteiger partial charge on any atom is 0.573 e. The third-order valence-corrected chi connectivity index (χ3v) is 7.14. The lowest BCUT2D eigenvalue weighted by atomic mass is 10.0. The zero-order chi connectivity index (χ0) is 30.2. The molecule has 0 unspecified atom stereocenters. The number of alkyl halides is 3. The minimum Gasteiger partial charge on any atom is -0.457 e. The van der Waals surface area contributed by atoms with E-state index >= 15 is 0 Å². The number of amides is 1. The number of pyridine rings is 1. The monoisotopic (exact) mass is 582 g/mol. The van der Waals surface area contributed by atoms with E-state index in [-0.39, 0.29) is 29.3 Å². The topological polar surface area (TPSA) is 93.5 Å². The Hall–Kier alpha value is -4.32. The van der Waals surface area contributed by atoms with Crippen molar-refractivity contribution in [2.24, 2.45) is 7.05 Å².